The Balaban J connectivity index is 1.69. The highest BCUT2D eigenvalue weighted by Gasteiger charge is 2.13. The summed E-state index contributed by atoms with van der Waals surface area (Å²) in [6, 6.07) is 4.47. The quantitative estimate of drug-likeness (QED) is 0.734. The summed E-state index contributed by atoms with van der Waals surface area (Å²) < 4.78 is 6.10. The van der Waals surface area contributed by atoms with Crippen molar-refractivity contribution in [3.05, 3.63) is 21.9 Å². The first-order chi connectivity index (χ1) is 9.74. The van der Waals surface area contributed by atoms with Crippen molar-refractivity contribution >= 4 is 11.3 Å². The summed E-state index contributed by atoms with van der Waals surface area (Å²) in [5.41, 5.74) is 0. The van der Waals surface area contributed by atoms with Crippen LogP contribution in [0.25, 0.3) is 0 Å². The second-order valence-electron chi connectivity index (χ2n) is 6.32. The van der Waals surface area contributed by atoms with Crippen molar-refractivity contribution in [2.24, 2.45) is 5.92 Å². The number of ether oxygens (including phenoxy) is 1. The molecule has 1 aliphatic carbocycles. The first kappa shape index (κ1) is 16.0. The first-order valence-corrected chi connectivity index (χ1v) is 8.95. The first-order valence-electron chi connectivity index (χ1n) is 8.14. The minimum absolute atomic E-state index is 0.502. The smallest absolute Gasteiger partial charge is 0.0813 e. The highest BCUT2D eigenvalue weighted by atomic mass is 32.1. The van der Waals surface area contributed by atoms with Crippen LogP contribution >= 0.6 is 11.3 Å². The molecule has 1 aliphatic rings. The van der Waals surface area contributed by atoms with Crippen molar-refractivity contribution in [1.82, 2.24) is 5.32 Å². The maximum atomic E-state index is 6.10. The topological polar surface area (TPSA) is 21.3 Å². The molecule has 1 heterocycles. The maximum Gasteiger partial charge on any atom is 0.0813 e. The van der Waals surface area contributed by atoms with Gasteiger partial charge in [-0.25, -0.2) is 0 Å². The van der Waals surface area contributed by atoms with E-state index in [-0.39, 0.29) is 0 Å². The Labute approximate surface area is 127 Å². The van der Waals surface area contributed by atoms with Crippen molar-refractivity contribution in [2.75, 3.05) is 6.54 Å². The van der Waals surface area contributed by atoms with Gasteiger partial charge in [0, 0.05) is 16.3 Å². The molecule has 0 bridgehead atoms. The normalized spacial score (nSPS) is 17.6. The number of nitrogens with one attached hydrogen (secondary N) is 1. The number of rotatable bonds is 7. The van der Waals surface area contributed by atoms with Gasteiger partial charge in [-0.05, 0) is 37.4 Å². The third kappa shape index (κ3) is 5.94. The molecule has 0 spiro atoms. The summed E-state index contributed by atoms with van der Waals surface area (Å²) in [6.07, 6.45) is 8.50. The zero-order valence-corrected chi connectivity index (χ0v) is 13.8. The Morgan fingerprint density at radius 2 is 1.85 bits per heavy atom. The fraction of sp³-hybridized carbons (Fsp3) is 0.765. The predicted molar refractivity (Wildman–Crippen MR) is 87.1 cm³/mol. The maximum absolute atomic E-state index is 6.10. The van der Waals surface area contributed by atoms with Crippen LogP contribution in [0.5, 0.6) is 0 Å². The number of thiophene rings is 1. The Morgan fingerprint density at radius 1 is 1.15 bits per heavy atom. The molecule has 3 heteroatoms. The molecule has 1 fully saturated rings. The van der Waals surface area contributed by atoms with Gasteiger partial charge in [0.15, 0.2) is 0 Å². The van der Waals surface area contributed by atoms with Crippen LogP contribution in [0.2, 0.25) is 0 Å². The summed E-state index contributed by atoms with van der Waals surface area (Å²) in [7, 11) is 0. The van der Waals surface area contributed by atoms with Gasteiger partial charge in [0.25, 0.3) is 0 Å². The predicted octanol–water partition coefficient (Wildman–Crippen LogP) is 4.73. The molecule has 0 aromatic carbocycles. The van der Waals surface area contributed by atoms with E-state index in [0.717, 1.165) is 19.7 Å². The summed E-state index contributed by atoms with van der Waals surface area (Å²) in [5, 5.41) is 3.50. The molecule has 0 atom stereocenters. The highest BCUT2D eigenvalue weighted by Crippen LogP contribution is 2.23. The molecule has 1 N–H and O–H groups in total. The van der Waals surface area contributed by atoms with Crippen molar-refractivity contribution in [3.8, 4) is 0 Å². The lowest BCUT2D eigenvalue weighted by Gasteiger charge is -2.14. The molecule has 20 heavy (non-hydrogen) atoms. The van der Waals surface area contributed by atoms with Gasteiger partial charge in [-0.1, -0.05) is 39.5 Å². The molecule has 2 rings (SSSR count). The summed E-state index contributed by atoms with van der Waals surface area (Å²) in [6.45, 7) is 7.37. The van der Waals surface area contributed by atoms with Gasteiger partial charge in [-0.2, -0.15) is 0 Å². The Bertz CT molecular complexity index is 367. The fourth-order valence-electron chi connectivity index (χ4n) is 2.69. The molecule has 0 radical (unpaired) electrons. The van der Waals surface area contributed by atoms with Crippen LogP contribution in [0.3, 0.4) is 0 Å². The van der Waals surface area contributed by atoms with E-state index in [1.54, 1.807) is 0 Å². The minimum Gasteiger partial charge on any atom is -0.373 e. The van der Waals surface area contributed by atoms with E-state index < -0.39 is 0 Å². The van der Waals surface area contributed by atoms with E-state index in [1.165, 1.54) is 48.3 Å². The number of hydrogen-bond acceptors (Lipinski definition) is 3. The van der Waals surface area contributed by atoms with E-state index in [4.69, 9.17) is 4.74 Å². The highest BCUT2D eigenvalue weighted by molar-refractivity contribution is 7.11. The lowest BCUT2D eigenvalue weighted by atomic mass is 10.1. The third-order valence-corrected chi connectivity index (χ3v) is 4.89. The van der Waals surface area contributed by atoms with Crippen LogP contribution < -0.4 is 5.32 Å². The zero-order valence-electron chi connectivity index (χ0n) is 13.0. The fourth-order valence-corrected chi connectivity index (χ4v) is 3.60. The largest absolute Gasteiger partial charge is 0.373 e. The molecule has 1 aromatic heterocycles. The summed E-state index contributed by atoms with van der Waals surface area (Å²) >= 11 is 1.89. The van der Waals surface area contributed by atoms with Crippen LogP contribution in [0.15, 0.2) is 12.1 Å². The van der Waals surface area contributed by atoms with Crippen LogP contribution in [0.1, 0.15) is 62.1 Å². The number of hydrogen-bond donors (Lipinski definition) is 1. The van der Waals surface area contributed by atoms with Crippen LogP contribution in [0, 0.1) is 5.92 Å². The minimum atomic E-state index is 0.502. The molecular weight excluding hydrogens is 266 g/mol. The standard InChI is InChI=1S/C17H29NOS/c1-14(2)11-18-12-16-9-10-17(20-16)13-19-15-7-5-3-4-6-8-15/h9-10,14-15,18H,3-8,11-13H2,1-2H3. The third-order valence-electron chi connectivity index (χ3n) is 3.83. The average Bonchev–Trinajstić information content (AvgIpc) is 2.71. The Morgan fingerprint density at radius 3 is 2.55 bits per heavy atom. The second-order valence-corrected chi connectivity index (χ2v) is 7.57. The van der Waals surface area contributed by atoms with Gasteiger partial charge in [0.1, 0.15) is 0 Å². The van der Waals surface area contributed by atoms with Crippen molar-refractivity contribution in [1.29, 1.82) is 0 Å². The Hall–Kier alpha value is -0.380. The van der Waals surface area contributed by atoms with Gasteiger partial charge in [-0.15, -0.1) is 11.3 Å². The zero-order chi connectivity index (χ0) is 14.2. The van der Waals surface area contributed by atoms with E-state index in [9.17, 15) is 0 Å². The molecule has 1 aromatic rings. The second kappa shape index (κ2) is 8.81. The van der Waals surface area contributed by atoms with Crippen LogP contribution in [0.4, 0.5) is 0 Å². The van der Waals surface area contributed by atoms with Crippen LogP contribution in [-0.4, -0.2) is 12.6 Å². The van der Waals surface area contributed by atoms with Gasteiger partial charge in [0.2, 0.25) is 0 Å². The van der Waals surface area contributed by atoms with E-state index in [1.807, 2.05) is 11.3 Å². The lowest BCUT2D eigenvalue weighted by molar-refractivity contribution is 0.0324. The molecule has 1 saturated carbocycles. The molecule has 114 valence electrons. The molecule has 0 unspecified atom stereocenters. The van der Waals surface area contributed by atoms with Gasteiger partial charge >= 0.3 is 0 Å². The monoisotopic (exact) mass is 295 g/mol. The van der Waals surface area contributed by atoms with E-state index in [2.05, 4.69) is 31.3 Å². The average molecular weight is 295 g/mol. The van der Waals surface area contributed by atoms with Crippen LogP contribution in [-0.2, 0) is 17.9 Å². The van der Waals surface area contributed by atoms with Gasteiger partial charge in [0.05, 0.1) is 12.7 Å². The van der Waals surface area contributed by atoms with Crippen molar-refractivity contribution < 1.29 is 4.74 Å². The molecule has 0 amide bonds. The van der Waals surface area contributed by atoms with Crippen molar-refractivity contribution in [3.63, 3.8) is 0 Å². The Kier molecular flexibility index (Phi) is 7.05. The molecule has 0 aliphatic heterocycles. The lowest BCUT2D eigenvalue weighted by Crippen LogP contribution is -2.18. The molecular formula is C17H29NOS. The van der Waals surface area contributed by atoms with E-state index >= 15 is 0 Å². The molecule has 2 nitrogen and oxygen atoms in total. The van der Waals surface area contributed by atoms with E-state index in [0.29, 0.717) is 12.0 Å². The summed E-state index contributed by atoms with van der Waals surface area (Å²) in [5.74, 6) is 0.716. The molecule has 0 saturated heterocycles. The van der Waals surface area contributed by atoms with Crippen molar-refractivity contribution in [2.45, 2.75) is 71.6 Å². The van der Waals surface area contributed by atoms with Gasteiger partial charge < -0.3 is 10.1 Å². The van der Waals surface area contributed by atoms with Gasteiger partial charge in [-0.3, -0.25) is 0 Å². The SMILES string of the molecule is CC(C)CNCc1ccc(COC2CCCCCC2)s1. The summed E-state index contributed by atoms with van der Waals surface area (Å²) in [4.78, 5) is 2.79.